The van der Waals surface area contributed by atoms with E-state index >= 15 is 0 Å². The van der Waals surface area contributed by atoms with Gasteiger partial charge in [0, 0.05) is 12.1 Å². The number of thioether (sulfide) groups is 1. The summed E-state index contributed by atoms with van der Waals surface area (Å²) in [6, 6.07) is 14.0. The van der Waals surface area contributed by atoms with Gasteiger partial charge in [0.15, 0.2) is 11.6 Å². The Morgan fingerprint density at radius 3 is 2.68 bits per heavy atom. The number of aromatic nitrogens is 2. The fourth-order valence-electron chi connectivity index (χ4n) is 2.28. The predicted molar refractivity (Wildman–Crippen MR) is 104 cm³/mol. The van der Waals surface area contributed by atoms with Crippen molar-refractivity contribution in [1.29, 1.82) is 0 Å². The van der Waals surface area contributed by atoms with Crippen LogP contribution in [0.25, 0.3) is 0 Å². The SMILES string of the molecule is COc1ccccc1CNC(=O)CSc1ccc(NC(=O)c2ccco2)nn1. The lowest BCUT2D eigenvalue weighted by atomic mass is 10.2. The number of nitrogens with zero attached hydrogens (tertiary/aromatic N) is 2. The fourth-order valence-corrected chi connectivity index (χ4v) is 2.93. The van der Waals surface area contributed by atoms with E-state index in [-0.39, 0.29) is 17.4 Å². The Morgan fingerprint density at radius 1 is 1.11 bits per heavy atom. The summed E-state index contributed by atoms with van der Waals surface area (Å²) in [6.07, 6.45) is 1.42. The maximum atomic E-state index is 12.0. The molecule has 0 aliphatic carbocycles. The fraction of sp³-hybridized carbons (Fsp3) is 0.158. The number of amides is 2. The molecule has 0 saturated heterocycles. The molecule has 0 unspecified atom stereocenters. The molecule has 0 bridgehead atoms. The van der Waals surface area contributed by atoms with Crippen LogP contribution in [0.1, 0.15) is 16.1 Å². The Hall–Kier alpha value is -3.33. The molecule has 0 fully saturated rings. The van der Waals surface area contributed by atoms with E-state index in [9.17, 15) is 9.59 Å². The predicted octanol–water partition coefficient (Wildman–Crippen LogP) is 2.74. The summed E-state index contributed by atoms with van der Waals surface area (Å²) in [5.74, 6) is 0.872. The number of rotatable bonds is 8. The topological polar surface area (TPSA) is 106 Å². The molecule has 3 aromatic rings. The van der Waals surface area contributed by atoms with Crippen LogP contribution in [0.15, 0.2) is 64.2 Å². The van der Waals surface area contributed by atoms with Gasteiger partial charge >= 0.3 is 0 Å². The Balaban J connectivity index is 1.45. The molecule has 3 rings (SSSR count). The molecular weight excluding hydrogens is 380 g/mol. The summed E-state index contributed by atoms with van der Waals surface area (Å²) in [6.45, 7) is 0.382. The zero-order valence-corrected chi connectivity index (χ0v) is 15.9. The van der Waals surface area contributed by atoms with E-state index in [1.54, 1.807) is 31.4 Å². The van der Waals surface area contributed by atoms with E-state index < -0.39 is 5.91 Å². The number of methoxy groups -OCH3 is 1. The highest BCUT2D eigenvalue weighted by Gasteiger charge is 2.10. The lowest BCUT2D eigenvalue weighted by molar-refractivity contribution is -0.118. The molecule has 1 aromatic carbocycles. The maximum absolute atomic E-state index is 12.0. The van der Waals surface area contributed by atoms with Crippen molar-refractivity contribution in [2.24, 2.45) is 0 Å². The third-order valence-corrected chi connectivity index (χ3v) is 4.57. The van der Waals surface area contributed by atoms with Crippen LogP contribution in [0.2, 0.25) is 0 Å². The second-order valence-electron chi connectivity index (χ2n) is 5.57. The summed E-state index contributed by atoms with van der Waals surface area (Å²) < 4.78 is 10.3. The Kier molecular flexibility index (Phi) is 6.64. The molecule has 2 aromatic heterocycles. The minimum absolute atomic E-state index is 0.132. The van der Waals surface area contributed by atoms with Crippen LogP contribution in [-0.4, -0.2) is 34.9 Å². The van der Waals surface area contributed by atoms with Gasteiger partial charge in [-0.2, -0.15) is 0 Å². The number of nitrogens with one attached hydrogen (secondary N) is 2. The average Bonchev–Trinajstić information content (AvgIpc) is 3.27. The number of furan rings is 1. The molecule has 28 heavy (non-hydrogen) atoms. The molecule has 2 amide bonds. The number of hydrogen-bond donors (Lipinski definition) is 2. The summed E-state index contributed by atoms with van der Waals surface area (Å²) >= 11 is 1.25. The van der Waals surface area contributed by atoms with Crippen molar-refractivity contribution in [2.45, 2.75) is 11.6 Å². The average molecular weight is 398 g/mol. The normalized spacial score (nSPS) is 10.3. The van der Waals surface area contributed by atoms with Gasteiger partial charge in [0.1, 0.15) is 10.8 Å². The highest BCUT2D eigenvalue weighted by molar-refractivity contribution is 7.99. The Morgan fingerprint density at radius 2 is 1.96 bits per heavy atom. The lowest BCUT2D eigenvalue weighted by Gasteiger charge is -2.09. The van der Waals surface area contributed by atoms with Crippen molar-refractivity contribution in [3.05, 3.63) is 66.1 Å². The van der Waals surface area contributed by atoms with Crippen molar-refractivity contribution in [1.82, 2.24) is 15.5 Å². The molecule has 0 saturated carbocycles. The standard InChI is InChI=1S/C19H18N4O4S/c1-26-14-6-3-2-5-13(14)11-20-17(24)12-28-18-9-8-16(22-23-18)21-19(25)15-7-4-10-27-15/h2-10H,11-12H2,1H3,(H,20,24)(H,21,22,25). The van der Waals surface area contributed by atoms with Gasteiger partial charge in [-0.15, -0.1) is 10.2 Å². The first kappa shape index (κ1) is 19.4. The number of anilines is 1. The molecule has 8 nitrogen and oxygen atoms in total. The smallest absolute Gasteiger partial charge is 0.292 e. The summed E-state index contributed by atoms with van der Waals surface area (Å²) in [7, 11) is 1.59. The maximum Gasteiger partial charge on any atom is 0.292 e. The minimum Gasteiger partial charge on any atom is -0.496 e. The minimum atomic E-state index is -0.407. The molecule has 0 spiro atoms. The first-order chi connectivity index (χ1) is 13.7. The second kappa shape index (κ2) is 9.56. The van der Waals surface area contributed by atoms with Crippen molar-refractivity contribution in [3.63, 3.8) is 0 Å². The summed E-state index contributed by atoms with van der Waals surface area (Å²) in [5.41, 5.74) is 0.903. The first-order valence-electron chi connectivity index (χ1n) is 8.35. The highest BCUT2D eigenvalue weighted by atomic mass is 32.2. The molecule has 0 aliphatic heterocycles. The van der Waals surface area contributed by atoms with Crippen LogP contribution in [0.5, 0.6) is 5.75 Å². The van der Waals surface area contributed by atoms with Crippen molar-refractivity contribution >= 4 is 29.4 Å². The number of carbonyl (C=O) groups is 2. The molecule has 144 valence electrons. The van der Waals surface area contributed by atoms with Crippen LogP contribution in [0.3, 0.4) is 0 Å². The van der Waals surface area contributed by atoms with E-state index in [2.05, 4.69) is 20.8 Å². The second-order valence-corrected chi connectivity index (χ2v) is 6.56. The van der Waals surface area contributed by atoms with Crippen LogP contribution in [0.4, 0.5) is 5.82 Å². The molecule has 2 N–H and O–H groups in total. The third-order valence-electron chi connectivity index (χ3n) is 3.65. The Bertz CT molecular complexity index is 929. The van der Waals surface area contributed by atoms with Gasteiger partial charge in [-0.3, -0.25) is 9.59 Å². The van der Waals surface area contributed by atoms with Gasteiger partial charge in [-0.1, -0.05) is 30.0 Å². The quantitative estimate of drug-likeness (QED) is 0.562. The summed E-state index contributed by atoms with van der Waals surface area (Å²) in [4.78, 5) is 23.9. The zero-order chi connectivity index (χ0) is 19.8. The Labute approximate surface area is 165 Å². The van der Waals surface area contributed by atoms with Crippen LogP contribution in [-0.2, 0) is 11.3 Å². The van der Waals surface area contributed by atoms with E-state index in [1.165, 1.54) is 18.0 Å². The first-order valence-corrected chi connectivity index (χ1v) is 9.34. The van der Waals surface area contributed by atoms with Crippen molar-refractivity contribution in [3.8, 4) is 5.75 Å². The van der Waals surface area contributed by atoms with Crippen molar-refractivity contribution < 1.29 is 18.7 Å². The number of ether oxygens (including phenoxy) is 1. The zero-order valence-electron chi connectivity index (χ0n) is 15.0. The van der Waals surface area contributed by atoms with E-state index in [0.29, 0.717) is 17.4 Å². The number of para-hydroxylation sites is 1. The van der Waals surface area contributed by atoms with Crippen LogP contribution in [0, 0.1) is 0 Å². The summed E-state index contributed by atoms with van der Waals surface area (Å²) in [5, 5.41) is 13.9. The van der Waals surface area contributed by atoms with Crippen molar-refractivity contribution in [2.75, 3.05) is 18.2 Å². The number of carbonyl (C=O) groups excluding carboxylic acids is 2. The third kappa shape index (κ3) is 5.34. The number of benzene rings is 1. The van der Waals surface area contributed by atoms with Gasteiger partial charge < -0.3 is 19.8 Å². The molecule has 0 aliphatic rings. The van der Waals surface area contributed by atoms with Gasteiger partial charge in [0.2, 0.25) is 5.91 Å². The van der Waals surface area contributed by atoms with E-state index in [1.807, 2.05) is 24.3 Å². The molecule has 2 heterocycles. The monoisotopic (exact) mass is 398 g/mol. The molecule has 9 heteroatoms. The van der Waals surface area contributed by atoms with Gasteiger partial charge in [-0.25, -0.2) is 0 Å². The van der Waals surface area contributed by atoms with Crippen LogP contribution >= 0.6 is 11.8 Å². The van der Waals surface area contributed by atoms with Gasteiger partial charge in [0.05, 0.1) is 19.1 Å². The van der Waals surface area contributed by atoms with Gasteiger partial charge in [0.25, 0.3) is 5.91 Å². The molecule has 0 radical (unpaired) electrons. The number of hydrogen-bond acceptors (Lipinski definition) is 7. The van der Waals surface area contributed by atoms with E-state index in [4.69, 9.17) is 9.15 Å². The highest BCUT2D eigenvalue weighted by Crippen LogP contribution is 2.18. The van der Waals surface area contributed by atoms with E-state index in [0.717, 1.165) is 11.3 Å². The van der Waals surface area contributed by atoms with Gasteiger partial charge in [-0.05, 0) is 30.3 Å². The van der Waals surface area contributed by atoms with Crippen LogP contribution < -0.4 is 15.4 Å². The molecular formula is C19H18N4O4S. The lowest BCUT2D eigenvalue weighted by Crippen LogP contribution is -2.24. The largest absolute Gasteiger partial charge is 0.496 e. The molecule has 0 atom stereocenters.